The van der Waals surface area contributed by atoms with Crippen LogP contribution < -0.4 is 5.32 Å². The zero-order valence-electron chi connectivity index (χ0n) is 20.8. The minimum Gasteiger partial charge on any atom is -0.354 e. The summed E-state index contributed by atoms with van der Waals surface area (Å²) in [6.07, 6.45) is 5.80. The molecule has 3 rings (SSSR count). The fourth-order valence-corrected chi connectivity index (χ4v) is 4.97. The number of nitrogens with one attached hydrogen (secondary N) is 1. The monoisotopic (exact) mass is 441 g/mol. The van der Waals surface area contributed by atoms with Crippen LogP contribution in [-0.2, 0) is 10.2 Å². The van der Waals surface area contributed by atoms with Crippen LogP contribution in [0.4, 0.5) is 0 Å². The molecule has 178 valence electrons. The van der Waals surface area contributed by atoms with Gasteiger partial charge in [-0.15, -0.1) is 0 Å². The molecule has 0 bridgehead atoms. The molecule has 2 fully saturated rings. The van der Waals surface area contributed by atoms with Gasteiger partial charge < -0.3 is 10.2 Å². The van der Waals surface area contributed by atoms with Crippen molar-refractivity contribution in [2.24, 2.45) is 11.8 Å². The van der Waals surface area contributed by atoms with Gasteiger partial charge in [-0.3, -0.25) is 14.5 Å². The van der Waals surface area contributed by atoms with Gasteiger partial charge in [-0.05, 0) is 47.8 Å². The number of carbonyl (C=O) groups excluding carboxylic acids is 2. The molecule has 2 atom stereocenters. The second kappa shape index (κ2) is 10.8. The molecule has 1 heterocycles. The first-order valence-electron chi connectivity index (χ1n) is 12.6. The van der Waals surface area contributed by atoms with Crippen LogP contribution >= 0.6 is 0 Å². The Labute approximate surface area is 194 Å². The second-order valence-electron chi connectivity index (χ2n) is 10.9. The average Bonchev–Trinajstić information content (AvgIpc) is 3.31. The predicted octanol–water partition coefficient (Wildman–Crippen LogP) is 4.46. The van der Waals surface area contributed by atoms with Crippen LogP contribution in [0.5, 0.6) is 0 Å². The van der Waals surface area contributed by atoms with Crippen molar-refractivity contribution in [3.05, 3.63) is 35.4 Å². The Kier molecular flexibility index (Phi) is 8.37. The van der Waals surface area contributed by atoms with Crippen LogP contribution in [0.1, 0.15) is 82.6 Å². The quantitative estimate of drug-likeness (QED) is 0.680. The maximum atomic E-state index is 13.2. The van der Waals surface area contributed by atoms with Crippen LogP contribution in [0.25, 0.3) is 0 Å². The largest absolute Gasteiger partial charge is 0.354 e. The number of carbonyl (C=O) groups is 2. The minimum atomic E-state index is -0.0510. The Bertz CT molecular complexity index is 754. The number of piperazine rings is 1. The van der Waals surface area contributed by atoms with E-state index < -0.39 is 0 Å². The molecule has 1 aliphatic carbocycles. The lowest BCUT2D eigenvalue weighted by atomic mass is 9.86. The highest BCUT2D eigenvalue weighted by Crippen LogP contribution is 2.31. The SMILES string of the molecule is CC[C@@H](C)CNC(=O)[C@H](C1CCCC1)N1CCN(C(=O)c2ccc(C(C)(C)C)cc2)CC1. The van der Waals surface area contributed by atoms with Crippen LogP contribution in [0.2, 0.25) is 0 Å². The van der Waals surface area contributed by atoms with Gasteiger partial charge in [-0.2, -0.15) is 0 Å². The molecule has 0 aromatic heterocycles. The highest BCUT2D eigenvalue weighted by molar-refractivity contribution is 5.94. The average molecular weight is 442 g/mol. The van der Waals surface area contributed by atoms with Gasteiger partial charge in [-0.25, -0.2) is 0 Å². The molecule has 1 aromatic carbocycles. The molecule has 0 unspecified atom stereocenters. The van der Waals surface area contributed by atoms with Crippen molar-refractivity contribution in [2.75, 3.05) is 32.7 Å². The zero-order valence-corrected chi connectivity index (χ0v) is 20.8. The first-order chi connectivity index (χ1) is 15.2. The van der Waals surface area contributed by atoms with Gasteiger partial charge in [0.05, 0.1) is 6.04 Å². The molecule has 1 saturated heterocycles. The number of nitrogens with zero attached hydrogens (tertiary/aromatic N) is 2. The molecule has 1 aliphatic heterocycles. The van der Waals surface area contributed by atoms with Crippen molar-refractivity contribution in [1.29, 1.82) is 0 Å². The molecule has 5 nitrogen and oxygen atoms in total. The highest BCUT2D eigenvalue weighted by Gasteiger charge is 2.37. The van der Waals surface area contributed by atoms with Gasteiger partial charge >= 0.3 is 0 Å². The van der Waals surface area contributed by atoms with E-state index >= 15 is 0 Å². The molecule has 1 saturated carbocycles. The van der Waals surface area contributed by atoms with E-state index in [1.807, 2.05) is 17.0 Å². The van der Waals surface area contributed by atoms with E-state index in [-0.39, 0.29) is 23.3 Å². The lowest BCUT2D eigenvalue weighted by Crippen LogP contribution is -2.58. The molecule has 32 heavy (non-hydrogen) atoms. The molecule has 5 heteroatoms. The van der Waals surface area contributed by atoms with E-state index in [1.54, 1.807) is 0 Å². The summed E-state index contributed by atoms with van der Waals surface area (Å²) in [5.74, 6) is 1.24. The summed E-state index contributed by atoms with van der Waals surface area (Å²) in [4.78, 5) is 30.5. The summed E-state index contributed by atoms with van der Waals surface area (Å²) in [5.41, 5.74) is 2.07. The van der Waals surface area contributed by atoms with Crippen LogP contribution in [-0.4, -0.2) is 60.4 Å². The summed E-state index contributed by atoms with van der Waals surface area (Å²) in [6.45, 7) is 14.6. The van der Waals surface area contributed by atoms with E-state index in [0.717, 1.165) is 44.5 Å². The van der Waals surface area contributed by atoms with Crippen molar-refractivity contribution < 1.29 is 9.59 Å². The third kappa shape index (κ3) is 6.12. The molecule has 1 N–H and O–H groups in total. The van der Waals surface area contributed by atoms with Gasteiger partial charge in [-0.1, -0.05) is 66.0 Å². The molecule has 1 aromatic rings. The summed E-state index contributed by atoms with van der Waals surface area (Å²) in [7, 11) is 0. The molecular weight excluding hydrogens is 398 g/mol. The van der Waals surface area contributed by atoms with Gasteiger partial charge in [0, 0.05) is 38.3 Å². The molecule has 2 aliphatic rings. The van der Waals surface area contributed by atoms with Crippen LogP contribution in [0, 0.1) is 11.8 Å². The number of hydrogen-bond acceptors (Lipinski definition) is 3. The smallest absolute Gasteiger partial charge is 0.253 e. The summed E-state index contributed by atoms with van der Waals surface area (Å²) < 4.78 is 0. The van der Waals surface area contributed by atoms with Crippen molar-refractivity contribution >= 4 is 11.8 Å². The molecule has 0 spiro atoms. The maximum Gasteiger partial charge on any atom is 0.253 e. The summed E-state index contributed by atoms with van der Waals surface area (Å²) in [6, 6.07) is 8.00. The Morgan fingerprint density at radius 1 is 1.03 bits per heavy atom. The number of hydrogen-bond donors (Lipinski definition) is 1. The van der Waals surface area contributed by atoms with E-state index in [2.05, 4.69) is 57.0 Å². The topological polar surface area (TPSA) is 52.7 Å². The lowest BCUT2D eigenvalue weighted by Gasteiger charge is -2.41. The van der Waals surface area contributed by atoms with E-state index in [0.29, 0.717) is 24.9 Å². The first-order valence-corrected chi connectivity index (χ1v) is 12.6. The number of benzene rings is 1. The predicted molar refractivity (Wildman–Crippen MR) is 131 cm³/mol. The normalized spacial score (nSPS) is 20.2. The van der Waals surface area contributed by atoms with E-state index in [9.17, 15) is 9.59 Å². The van der Waals surface area contributed by atoms with Crippen LogP contribution in [0.15, 0.2) is 24.3 Å². The Morgan fingerprint density at radius 2 is 1.62 bits per heavy atom. The van der Waals surface area contributed by atoms with Crippen molar-refractivity contribution in [1.82, 2.24) is 15.1 Å². The molecular formula is C27H43N3O2. The van der Waals surface area contributed by atoms with Crippen molar-refractivity contribution in [3.8, 4) is 0 Å². The van der Waals surface area contributed by atoms with Crippen molar-refractivity contribution in [2.45, 2.75) is 78.2 Å². The lowest BCUT2D eigenvalue weighted by molar-refractivity contribution is -0.129. The summed E-state index contributed by atoms with van der Waals surface area (Å²) >= 11 is 0. The van der Waals surface area contributed by atoms with Gasteiger partial charge in [0.1, 0.15) is 0 Å². The number of rotatable bonds is 7. The third-order valence-electron chi connectivity index (χ3n) is 7.43. The third-order valence-corrected chi connectivity index (χ3v) is 7.43. The standard InChI is InChI=1S/C27H43N3O2/c1-6-20(2)19-28-25(31)24(21-9-7-8-10-21)29-15-17-30(18-16-29)26(32)22-11-13-23(14-12-22)27(3,4)5/h11-14,20-21,24H,6-10,15-19H2,1-5H3,(H,28,31)/t20-,24+/m1/s1. The fraction of sp³-hybridized carbons (Fsp3) is 0.704. The molecule has 0 radical (unpaired) electrons. The van der Waals surface area contributed by atoms with Crippen molar-refractivity contribution in [3.63, 3.8) is 0 Å². The maximum absolute atomic E-state index is 13.2. The van der Waals surface area contributed by atoms with Gasteiger partial charge in [0.25, 0.3) is 5.91 Å². The number of amides is 2. The minimum absolute atomic E-state index is 0.0510. The Hall–Kier alpha value is -1.88. The van der Waals surface area contributed by atoms with Gasteiger partial charge in [0.2, 0.25) is 5.91 Å². The van der Waals surface area contributed by atoms with Crippen LogP contribution in [0.3, 0.4) is 0 Å². The van der Waals surface area contributed by atoms with E-state index in [4.69, 9.17) is 0 Å². The Morgan fingerprint density at radius 3 is 2.16 bits per heavy atom. The van der Waals surface area contributed by atoms with E-state index in [1.165, 1.54) is 18.4 Å². The first kappa shape index (κ1) is 24.8. The highest BCUT2D eigenvalue weighted by atomic mass is 16.2. The second-order valence-corrected chi connectivity index (χ2v) is 10.9. The van der Waals surface area contributed by atoms with Gasteiger partial charge in [0.15, 0.2) is 0 Å². The zero-order chi connectivity index (χ0) is 23.3. The summed E-state index contributed by atoms with van der Waals surface area (Å²) in [5, 5.41) is 3.22. The fourth-order valence-electron chi connectivity index (χ4n) is 4.97. The molecule has 2 amide bonds. The Balaban J connectivity index is 1.61.